The third-order valence-corrected chi connectivity index (χ3v) is 6.63. The molecule has 1 fully saturated rings. The molecule has 1 saturated heterocycles. The van der Waals surface area contributed by atoms with Gasteiger partial charge in [-0.25, -0.2) is 4.79 Å². The van der Waals surface area contributed by atoms with Crippen LogP contribution in [0.1, 0.15) is 12.8 Å². The number of urea groups is 1. The first-order valence-electron chi connectivity index (χ1n) is 10.2. The van der Waals surface area contributed by atoms with Crippen molar-refractivity contribution in [3.8, 4) is 22.1 Å². The van der Waals surface area contributed by atoms with Crippen molar-refractivity contribution >= 4 is 50.0 Å². The zero-order valence-electron chi connectivity index (χ0n) is 18.0. The van der Waals surface area contributed by atoms with Crippen LogP contribution in [-0.2, 0) is 4.79 Å². The maximum atomic E-state index is 12.9. The molecule has 3 aromatic rings. The minimum absolute atomic E-state index is 0.289. The molecule has 1 aromatic heterocycles. The van der Waals surface area contributed by atoms with Gasteiger partial charge in [-0.3, -0.25) is 10.1 Å². The molecule has 11 heteroatoms. The second kappa shape index (κ2) is 10.2. The molecular formula is C22H22BrN5O4S. The molecule has 3 amide bonds. The molecule has 2 N–H and O–H groups in total. The molecule has 0 saturated carbocycles. The number of hydrogen-bond donors (Lipinski definition) is 2. The van der Waals surface area contributed by atoms with E-state index in [2.05, 4.69) is 36.8 Å². The highest BCUT2D eigenvalue weighted by Gasteiger charge is 2.35. The fraction of sp³-hybridized carbons (Fsp3) is 0.273. The number of amides is 3. The SMILES string of the molecule is COc1ccc(NC(=O)N2CCCC2C(=O)Nc2nnc(-c3ccc(Br)cc3)s2)c(OC)c1. The van der Waals surface area contributed by atoms with Gasteiger partial charge in [0, 0.05) is 22.6 Å². The van der Waals surface area contributed by atoms with E-state index in [0.29, 0.717) is 40.3 Å². The molecule has 1 unspecified atom stereocenters. The number of nitrogens with zero attached hydrogens (tertiary/aromatic N) is 3. The van der Waals surface area contributed by atoms with E-state index in [9.17, 15) is 9.59 Å². The lowest BCUT2D eigenvalue weighted by Crippen LogP contribution is -2.45. The molecular weight excluding hydrogens is 510 g/mol. The zero-order chi connectivity index (χ0) is 23.4. The Morgan fingerprint density at radius 1 is 1.09 bits per heavy atom. The summed E-state index contributed by atoms with van der Waals surface area (Å²) in [5.74, 6) is 0.794. The van der Waals surface area contributed by atoms with E-state index in [1.807, 2.05) is 24.3 Å². The Hall–Kier alpha value is -3.18. The van der Waals surface area contributed by atoms with Crippen LogP contribution in [0.5, 0.6) is 11.5 Å². The van der Waals surface area contributed by atoms with Crippen molar-refractivity contribution in [2.45, 2.75) is 18.9 Å². The quantitative estimate of drug-likeness (QED) is 0.480. The van der Waals surface area contributed by atoms with Crippen LogP contribution in [0.4, 0.5) is 15.6 Å². The number of likely N-dealkylation sites (tertiary alicyclic amines) is 1. The van der Waals surface area contributed by atoms with Gasteiger partial charge in [-0.2, -0.15) is 0 Å². The smallest absolute Gasteiger partial charge is 0.322 e. The van der Waals surface area contributed by atoms with E-state index in [1.54, 1.807) is 25.3 Å². The summed E-state index contributed by atoms with van der Waals surface area (Å²) in [6.45, 7) is 0.475. The van der Waals surface area contributed by atoms with Crippen molar-refractivity contribution in [1.29, 1.82) is 0 Å². The summed E-state index contributed by atoms with van der Waals surface area (Å²) in [7, 11) is 3.07. The number of nitrogens with one attached hydrogen (secondary N) is 2. The summed E-state index contributed by atoms with van der Waals surface area (Å²) in [5.41, 5.74) is 1.41. The summed E-state index contributed by atoms with van der Waals surface area (Å²) >= 11 is 4.69. The third-order valence-electron chi connectivity index (χ3n) is 5.21. The molecule has 172 valence electrons. The Bertz CT molecular complexity index is 1150. The lowest BCUT2D eigenvalue weighted by Gasteiger charge is -2.24. The van der Waals surface area contributed by atoms with Gasteiger partial charge in [0.15, 0.2) is 0 Å². The molecule has 2 aromatic carbocycles. The molecule has 4 rings (SSSR count). The van der Waals surface area contributed by atoms with Gasteiger partial charge in [0.1, 0.15) is 22.5 Å². The number of benzene rings is 2. The summed E-state index contributed by atoms with van der Waals surface area (Å²) in [4.78, 5) is 27.4. The van der Waals surface area contributed by atoms with Gasteiger partial charge in [0.25, 0.3) is 0 Å². The maximum Gasteiger partial charge on any atom is 0.322 e. The van der Waals surface area contributed by atoms with Crippen LogP contribution in [0.15, 0.2) is 46.9 Å². The fourth-order valence-corrected chi connectivity index (χ4v) is 4.56. The van der Waals surface area contributed by atoms with Crippen molar-refractivity contribution in [2.24, 2.45) is 0 Å². The van der Waals surface area contributed by atoms with E-state index in [0.717, 1.165) is 16.5 Å². The van der Waals surface area contributed by atoms with Crippen LogP contribution in [0.3, 0.4) is 0 Å². The second-order valence-corrected chi connectivity index (χ2v) is 9.15. The van der Waals surface area contributed by atoms with Crippen molar-refractivity contribution in [2.75, 3.05) is 31.4 Å². The zero-order valence-corrected chi connectivity index (χ0v) is 20.4. The number of hydrogen-bond acceptors (Lipinski definition) is 7. The molecule has 1 atom stereocenters. The standard InChI is InChI=1S/C22H22BrN5O4S/c1-31-15-9-10-16(18(12-15)32-2)24-22(30)28-11-3-4-17(28)19(29)25-21-27-26-20(33-21)13-5-7-14(23)8-6-13/h5-10,12,17H,3-4,11H2,1-2H3,(H,24,30)(H,25,27,29). The number of ether oxygens (including phenoxy) is 2. The highest BCUT2D eigenvalue weighted by Crippen LogP contribution is 2.31. The van der Waals surface area contributed by atoms with Crippen molar-refractivity contribution < 1.29 is 19.1 Å². The first kappa shape index (κ1) is 23.0. The third kappa shape index (κ3) is 5.25. The Labute approximate surface area is 203 Å². The summed E-state index contributed by atoms with van der Waals surface area (Å²) in [5, 5.41) is 15.0. The molecule has 1 aliphatic heterocycles. The molecule has 1 aliphatic rings. The van der Waals surface area contributed by atoms with Crippen LogP contribution in [0, 0.1) is 0 Å². The molecule has 2 heterocycles. The van der Waals surface area contributed by atoms with Gasteiger partial charge in [-0.05, 0) is 37.1 Å². The van der Waals surface area contributed by atoms with Gasteiger partial charge in [0.05, 0.1) is 19.9 Å². The van der Waals surface area contributed by atoms with Crippen LogP contribution < -0.4 is 20.1 Å². The minimum atomic E-state index is -0.603. The number of anilines is 2. The molecule has 0 radical (unpaired) electrons. The van der Waals surface area contributed by atoms with Crippen LogP contribution in [0.2, 0.25) is 0 Å². The van der Waals surface area contributed by atoms with E-state index >= 15 is 0 Å². The normalized spacial score (nSPS) is 15.2. The van der Waals surface area contributed by atoms with E-state index < -0.39 is 6.04 Å². The summed E-state index contributed by atoms with van der Waals surface area (Å²) < 4.78 is 11.5. The van der Waals surface area contributed by atoms with Gasteiger partial charge in [-0.1, -0.05) is 39.4 Å². The Morgan fingerprint density at radius 2 is 1.88 bits per heavy atom. The average molecular weight is 532 g/mol. The Morgan fingerprint density at radius 3 is 2.61 bits per heavy atom. The highest BCUT2D eigenvalue weighted by molar-refractivity contribution is 9.10. The van der Waals surface area contributed by atoms with Gasteiger partial charge in [-0.15, -0.1) is 10.2 Å². The first-order chi connectivity index (χ1) is 16.0. The predicted octanol–water partition coefficient (Wildman–Crippen LogP) is 4.62. The van der Waals surface area contributed by atoms with Crippen LogP contribution in [-0.4, -0.2) is 53.8 Å². The monoisotopic (exact) mass is 531 g/mol. The number of carbonyl (C=O) groups is 2. The van der Waals surface area contributed by atoms with Crippen molar-refractivity contribution in [3.05, 3.63) is 46.9 Å². The fourth-order valence-electron chi connectivity index (χ4n) is 3.54. The summed E-state index contributed by atoms with van der Waals surface area (Å²) in [6, 6.07) is 11.8. The number of rotatable bonds is 6. The van der Waals surface area contributed by atoms with Crippen LogP contribution in [0.25, 0.3) is 10.6 Å². The summed E-state index contributed by atoms with van der Waals surface area (Å²) in [6.07, 6.45) is 1.29. The number of carbonyl (C=O) groups excluding carboxylic acids is 2. The Kier molecular flexibility index (Phi) is 7.09. The molecule has 0 spiro atoms. The molecule has 9 nitrogen and oxygen atoms in total. The molecule has 33 heavy (non-hydrogen) atoms. The second-order valence-electron chi connectivity index (χ2n) is 7.26. The first-order valence-corrected chi connectivity index (χ1v) is 11.8. The molecule has 0 aliphatic carbocycles. The van der Waals surface area contributed by atoms with Gasteiger partial charge in [0.2, 0.25) is 11.0 Å². The van der Waals surface area contributed by atoms with E-state index in [1.165, 1.54) is 23.3 Å². The number of halogens is 1. The van der Waals surface area contributed by atoms with Crippen molar-refractivity contribution in [3.63, 3.8) is 0 Å². The van der Waals surface area contributed by atoms with E-state index in [-0.39, 0.29) is 11.9 Å². The van der Waals surface area contributed by atoms with Gasteiger partial charge >= 0.3 is 6.03 Å². The lowest BCUT2D eigenvalue weighted by molar-refractivity contribution is -0.119. The average Bonchev–Trinajstić information content (AvgIpc) is 3.50. The predicted molar refractivity (Wildman–Crippen MR) is 130 cm³/mol. The maximum absolute atomic E-state index is 12.9. The Balaban J connectivity index is 1.42. The van der Waals surface area contributed by atoms with E-state index in [4.69, 9.17) is 9.47 Å². The molecule has 0 bridgehead atoms. The van der Waals surface area contributed by atoms with Crippen LogP contribution >= 0.6 is 27.3 Å². The highest BCUT2D eigenvalue weighted by atomic mass is 79.9. The number of aromatic nitrogens is 2. The topological polar surface area (TPSA) is 106 Å². The lowest BCUT2D eigenvalue weighted by atomic mass is 10.2. The largest absolute Gasteiger partial charge is 0.497 e. The minimum Gasteiger partial charge on any atom is -0.497 e. The van der Waals surface area contributed by atoms with Crippen molar-refractivity contribution in [1.82, 2.24) is 15.1 Å². The van der Waals surface area contributed by atoms with Gasteiger partial charge < -0.3 is 19.7 Å². The number of methoxy groups -OCH3 is 2.